The maximum Gasteiger partial charge on any atom is 0.245 e. The monoisotopic (exact) mass is 607 g/mol. The standard InChI is InChI=1S/C30H30ClN5O3S2/c31-27-18-24(41(38,39)36(16-17-37)20-21-8-2-1-3-9-21)19-32-29(27)34-35-30(40)33-28-25-12-6-4-10-22(25)14-15-23-11-5-7-13-26(23)28/h1-13,18-19,28,37H,14-17,20H2,(H,32,34)(H2,33,35,40). The lowest BCUT2D eigenvalue weighted by molar-refractivity contribution is 0.251. The number of rotatable bonds is 9. The molecule has 41 heavy (non-hydrogen) atoms. The van der Waals surface area contributed by atoms with Crippen LogP contribution in [0.1, 0.15) is 33.9 Å². The normalized spacial score (nSPS) is 13.1. The van der Waals surface area contributed by atoms with Gasteiger partial charge in [0.2, 0.25) is 10.0 Å². The first-order valence-corrected chi connectivity index (χ1v) is 15.4. The topological polar surface area (TPSA) is 107 Å². The molecule has 4 N–H and O–H groups in total. The van der Waals surface area contributed by atoms with Crippen LogP contribution in [0.25, 0.3) is 0 Å². The highest BCUT2D eigenvalue weighted by molar-refractivity contribution is 7.89. The predicted octanol–water partition coefficient (Wildman–Crippen LogP) is 4.60. The van der Waals surface area contributed by atoms with Crippen LogP contribution in [0.4, 0.5) is 5.82 Å². The molecule has 5 rings (SSSR count). The Morgan fingerprint density at radius 2 is 1.59 bits per heavy atom. The molecule has 0 bridgehead atoms. The number of thiocarbonyl (C=S) groups is 1. The summed E-state index contributed by atoms with van der Waals surface area (Å²) >= 11 is 12.1. The number of nitrogens with zero attached hydrogens (tertiary/aromatic N) is 2. The van der Waals surface area contributed by atoms with E-state index in [0.717, 1.165) is 29.5 Å². The van der Waals surface area contributed by atoms with Gasteiger partial charge in [0.1, 0.15) is 4.90 Å². The summed E-state index contributed by atoms with van der Waals surface area (Å²) in [5, 5.41) is 13.3. The second-order valence-electron chi connectivity index (χ2n) is 9.60. The van der Waals surface area contributed by atoms with Crippen LogP contribution in [0.3, 0.4) is 0 Å². The number of aromatic nitrogens is 1. The van der Waals surface area contributed by atoms with Crippen molar-refractivity contribution in [3.05, 3.63) is 124 Å². The summed E-state index contributed by atoms with van der Waals surface area (Å²) in [6, 6.07) is 27.0. The molecule has 0 fully saturated rings. The van der Waals surface area contributed by atoms with Gasteiger partial charge in [-0.2, -0.15) is 4.31 Å². The molecule has 0 amide bonds. The molecule has 0 spiro atoms. The van der Waals surface area contributed by atoms with Crippen molar-refractivity contribution in [1.82, 2.24) is 20.0 Å². The van der Waals surface area contributed by atoms with E-state index < -0.39 is 10.0 Å². The zero-order chi connectivity index (χ0) is 28.8. The van der Waals surface area contributed by atoms with Crippen molar-refractivity contribution in [2.45, 2.75) is 30.3 Å². The molecule has 0 saturated heterocycles. The Labute approximate surface area is 250 Å². The number of pyridine rings is 1. The highest BCUT2D eigenvalue weighted by atomic mass is 35.5. The number of hydrazine groups is 1. The number of aryl methyl sites for hydroxylation is 2. The Morgan fingerprint density at radius 3 is 2.20 bits per heavy atom. The third kappa shape index (κ3) is 6.69. The maximum absolute atomic E-state index is 13.4. The minimum absolute atomic E-state index is 0.0657. The van der Waals surface area contributed by atoms with Crippen LogP contribution in [0.15, 0.2) is 96.0 Å². The number of halogens is 1. The van der Waals surface area contributed by atoms with E-state index in [0.29, 0.717) is 5.11 Å². The number of fused-ring (bicyclic) bond motifs is 2. The van der Waals surface area contributed by atoms with Gasteiger partial charge in [-0.1, -0.05) is 90.5 Å². The van der Waals surface area contributed by atoms with E-state index in [4.69, 9.17) is 23.8 Å². The molecule has 0 saturated carbocycles. The molecular weight excluding hydrogens is 578 g/mol. The van der Waals surface area contributed by atoms with Crippen molar-refractivity contribution in [3.63, 3.8) is 0 Å². The second kappa shape index (κ2) is 13.0. The molecule has 212 valence electrons. The van der Waals surface area contributed by atoms with Crippen LogP contribution in [-0.2, 0) is 29.4 Å². The van der Waals surface area contributed by atoms with Gasteiger partial charge >= 0.3 is 0 Å². The average molecular weight is 608 g/mol. The lowest BCUT2D eigenvalue weighted by atomic mass is 9.95. The maximum atomic E-state index is 13.4. The molecule has 0 radical (unpaired) electrons. The van der Waals surface area contributed by atoms with Gasteiger partial charge in [0.05, 0.1) is 17.7 Å². The molecule has 3 aromatic carbocycles. The highest BCUT2D eigenvalue weighted by Crippen LogP contribution is 2.32. The first kappa shape index (κ1) is 29.0. The number of hydrogen-bond donors (Lipinski definition) is 4. The lowest BCUT2D eigenvalue weighted by Gasteiger charge is -2.24. The van der Waals surface area contributed by atoms with Gasteiger partial charge in [0.25, 0.3) is 0 Å². The summed E-state index contributed by atoms with van der Waals surface area (Å²) in [6.07, 6.45) is 3.12. The molecule has 0 unspecified atom stereocenters. The summed E-state index contributed by atoms with van der Waals surface area (Å²) in [4.78, 5) is 4.16. The molecule has 1 aromatic heterocycles. The Balaban J connectivity index is 1.29. The number of hydrogen-bond acceptors (Lipinski definition) is 6. The van der Waals surface area contributed by atoms with Crippen molar-refractivity contribution in [2.24, 2.45) is 0 Å². The summed E-state index contributed by atoms with van der Waals surface area (Å²) in [6.45, 7) is -0.281. The summed E-state index contributed by atoms with van der Waals surface area (Å²) < 4.78 is 27.9. The second-order valence-corrected chi connectivity index (χ2v) is 12.4. The number of nitrogens with one attached hydrogen (secondary N) is 3. The van der Waals surface area contributed by atoms with E-state index in [1.165, 1.54) is 27.7 Å². The van der Waals surface area contributed by atoms with Crippen molar-refractivity contribution in [2.75, 3.05) is 18.6 Å². The Hall–Kier alpha value is -3.54. The Morgan fingerprint density at radius 1 is 0.976 bits per heavy atom. The molecule has 4 aromatic rings. The van der Waals surface area contributed by atoms with Crippen LogP contribution >= 0.6 is 23.8 Å². The third-order valence-corrected chi connectivity index (χ3v) is 9.29. The summed E-state index contributed by atoms with van der Waals surface area (Å²) in [5.41, 5.74) is 11.5. The van der Waals surface area contributed by atoms with Crippen LogP contribution in [0.5, 0.6) is 0 Å². The van der Waals surface area contributed by atoms with Crippen LogP contribution in [0, 0.1) is 0 Å². The van der Waals surface area contributed by atoms with E-state index in [2.05, 4.69) is 45.4 Å². The fourth-order valence-corrected chi connectivity index (χ4v) is 6.79. The molecule has 8 nitrogen and oxygen atoms in total. The highest BCUT2D eigenvalue weighted by Gasteiger charge is 2.26. The van der Waals surface area contributed by atoms with E-state index in [1.54, 1.807) is 0 Å². The first-order chi connectivity index (χ1) is 19.9. The van der Waals surface area contributed by atoms with Crippen molar-refractivity contribution < 1.29 is 13.5 Å². The molecule has 0 aliphatic heterocycles. The van der Waals surface area contributed by atoms with Gasteiger partial charge < -0.3 is 10.4 Å². The molecule has 1 aliphatic rings. The Kier molecular flexibility index (Phi) is 9.16. The van der Waals surface area contributed by atoms with Crippen molar-refractivity contribution in [3.8, 4) is 0 Å². The van der Waals surface area contributed by atoms with E-state index in [9.17, 15) is 13.5 Å². The van der Waals surface area contributed by atoms with Crippen LogP contribution in [-0.4, -0.2) is 41.1 Å². The smallest absolute Gasteiger partial charge is 0.245 e. The number of anilines is 1. The molecule has 1 aliphatic carbocycles. The van der Waals surface area contributed by atoms with E-state index >= 15 is 0 Å². The summed E-state index contributed by atoms with van der Waals surface area (Å²) in [5.74, 6) is 0.216. The molecule has 0 atom stereocenters. The van der Waals surface area contributed by atoms with Gasteiger partial charge in [0.15, 0.2) is 10.9 Å². The van der Waals surface area contributed by atoms with Gasteiger partial charge in [-0.3, -0.25) is 10.9 Å². The first-order valence-electron chi connectivity index (χ1n) is 13.2. The zero-order valence-corrected chi connectivity index (χ0v) is 24.5. The fraction of sp³-hybridized carbons (Fsp3) is 0.200. The zero-order valence-electron chi connectivity index (χ0n) is 22.1. The third-order valence-electron chi connectivity index (χ3n) is 6.97. The number of benzene rings is 3. The number of sulfonamides is 1. The molecule has 11 heteroatoms. The molecule has 1 heterocycles. The van der Waals surface area contributed by atoms with Gasteiger partial charge in [-0.15, -0.1) is 0 Å². The van der Waals surface area contributed by atoms with Gasteiger partial charge in [0, 0.05) is 19.3 Å². The largest absolute Gasteiger partial charge is 0.395 e. The van der Waals surface area contributed by atoms with Crippen molar-refractivity contribution in [1.29, 1.82) is 0 Å². The predicted molar refractivity (Wildman–Crippen MR) is 165 cm³/mol. The summed E-state index contributed by atoms with van der Waals surface area (Å²) in [7, 11) is -3.97. The van der Waals surface area contributed by atoms with Gasteiger partial charge in [-0.05, 0) is 58.9 Å². The quantitative estimate of drug-likeness (QED) is 0.162. The van der Waals surface area contributed by atoms with Crippen LogP contribution < -0.4 is 16.2 Å². The minimum Gasteiger partial charge on any atom is -0.395 e. The SMILES string of the molecule is O=S(=O)(c1cnc(NNC(=S)NC2c3ccccc3CCc3ccccc32)c(Cl)c1)N(CCO)Cc1ccccc1. The lowest BCUT2D eigenvalue weighted by Crippen LogP contribution is -2.41. The van der Waals surface area contributed by atoms with Crippen molar-refractivity contribution >= 4 is 44.8 Å². The minimum atomic E-state index is -3.97. The average Bonchev–Trinajstić information content (AvgIpc) is 3.14. The number of aliphatic hydroxyl groups is 1. The fourth-order valence-electron chi connectivity index (χ4n) is 4.95. The van der Waals surface area contributed by atoms with Crippen LogP contribution in [0.2, 0.25) is 5.02 Å². The van der Waals surface area contributed by atoms with Gasteiger partial charge in [-0.25, -0.2) is 13.4 Å². The number of aliphatic hydroxyl groups excluding tert-OH is 1. The van der Waals surface area contributed by atoms with E-state index in [-0.39, 0.29) is 41.5 Å². The molecular formula is C30H30ClN5O3S2. The Bertz CT molecular complexity index is 1590. The van der Waals surface area contributed by atoms with E-state index in [1.807, 2.05) is 54.6 Å².